The lowest BCUT2D eigenvalue weighted by atomic mass is 10.2. The zero-order valence-electron chi connectivity index (χ0n) is 11.7. The first kappa shape index (κ1) is 14.8. The van der Waals surface area contributed by atoms with E-state index in [0.717, 1.165) is 17.9 Å². The SMILES string of the molecule is CCC(C)NC(=O)CCNC(C)c1ccc(C)o1. The Morgan fingerprint density at radius 2 is 2.11 bits per heavy atom. The molecule has 2 unspecified atom stereocenters. The maximum absolute atomic E-state index is 11.6. The molecule has 102 valence electrons. The Bertz CT molecular complexity index is 374. The molecule has 0 spiro atoms. The summed E-state index contributed by atoms with van der Waals surface area (Å²) in [6.07, 6.45) is 1.45. The van der Waals surface area contributed by atoms with Crippen LogP contribution in [0.5, 0.6) is 0 Å². The highest BCUT2D eigenvalue weighted by Gasteiger charge is 2.10. The van der Waals surface area contributed by atoms with Gasteiger partial charge in [-0.25, -0.2) is 0 Å². The normalized spacial score (nSPS) is 14.2. The number of aryl methyl sites for hydroxylation is 1. The number of nitrogens with one attached hydrogen (secondary N) is 2. The molecule has 1 aromatic heterocycles. The van der Waals surface area contributed by atoms with E-state index in [1.807, 2.05) is 32.9 Å². The molecule has 0 aliphatic carbocycles. The maximum atomic E-state index is 11.6. The van der Waals surface area contributed by atoms with Crippen LogP contribution in [0.1, 0.15) is 51.2 Å². The molecule has 0 aliphatic heterocycles. The molecule has 2 atom stereocenters. The monoisotopic (exact) mass is 252 g/mol. The van der Waals surface area contributed by atoms with Gasteiger partial charge in [-0.3, -0.25) is 4.79 Å². The molecule has 1 heterocycles. The van der Waals surface area contributed by atoms with E-state index in [4.69, 9.17) is 4.42 Å². The molecular formula is C14H24N2O2. The van der Waals surface area contributed by atoms with Crippen molar-refractivity contribution in [3.05, 3.63) is 23.7 Å². The average Bonchev–Trinajstić information content (AvgIpc) is 2.75. The van der Waals surface area contributed by atoms with E-state index < -0.39 is 0 Å². The molecule has 0 fully saturated rings. The second kappa shape index (κ2) is 7.21. The van der Waals surface area contributed by atoms with Gasteiger partial charge >= 0.3 is 0 Å². The summed E-state index contributed by atoms with van der Waals surface area (Å²) in [5, 5.41) is 6.22. The number of furan rings is 1. The molecule has 18 heavy (non-hydrogen) atoms. The Kier molecular flexibility index (Phi) is 5.92. The lowest BCUT2D eigenvalue weighted by Crippen LogP contribution is -2.34. The van der Waals surface area contributed by atoms with Gasteiger partial charge < -0.3 is 15.1 Å². The minimum Gasteiger partial charge on any atom is -0.465 e. The Hall–Kier alpha value is -1.29. The third kappa shape index (κ3) is 4.92. The first-order valence-corrected chi connectivity index (χ1v) is 6.62. The van der Waals surface area contributed by atoms with Crippen LogP contribution in [0.2, 0.25) is 0 Å². The van der Waals surface area contributed by atoms with E-state index in [-0.39, 0.29) is 18.0 Å². The van der Waals surface area contributed by atoms with Gasteiger partial charge in [-0.15, -0.1) is 0 Å². The van der Waals surface area contributed by atoms with Gasteiger partial charge in [-0.2, -0.15) is 0 Å². The zero-order valence-corrected chi connectivity index (χ0v) is 11.7. The van der Waals surface area contributed by atoms with Gasteiger partial charge in [0.05, 0.1) is 6.04 Å². The smallest absolute Gasteiger partial charge is 0.221 e. The quantitative estimate of drug-likeness (QED) is 0.784. The van der Waals surface area contributed by atoms with E-state index >= 15 is 0 Å². The second-order valence-corrected chi connectivity index (χ2v) is 4.75. The van der Waals surface area contributed by atoms with Crippen molar-refractivity contribution in [3.63, 3.8) is 0 Å². The molecule has 1 rings (SSSR count). The van der Waals surface area contributed by atoms with Crippen molar-refractivity contribution < 1.29 is 9.21 Å². The summed E-state index contributed by atoms with van der Waals surface area (Å²) in [4.78, 5) is 11.6. The topological polar surface area (TPSA) is 54.3 Å². The van der Waals surface area contributed by atoms with Crippen LogP contribution < -0.4 is 10.6 Å². The largest absolute Gasteiger partial charge is 0.465 e. The minimum atomic E-state index is 0.0969. The van der Waals surface area contributed by atoms with Gasteiger partial charge in [0.15, 0.2) is 0 Å². The van der Waals surface area contributed by atoms with Gasteiger partial charge in [0.25, 0.3) is 0 Å². The summed E-state index contributed by atoms with van der Waals surface area (Å²) in [7, 11) is 0. The van der Waals surface area contributed by atoms with Crippen LogP contribution in [0.15, 0.2) is 16.5 Å². The van der Waals surface area contributed by atoms with Crippen molar-refractivity contribution in [2.45, 2.75) is 52.6 Å². The molecule has 0 saturated carbocycles. The highest BCUT2D eigenvalue weighted by atomic mass is 16.3. The van der Waals surface area contributed by atoms with E-state index in [1.54, 1.807) is 0 Å². The Balaban J connectivity index is 2.23. The first-order valence-electron chi connectivity index (χ1n) is 6.62. The van der Waals surface area contributed by atoms with Crippen LogP contribution in [-0.2, 0) is 4.79 Å². The Morgan fingerprint density at radius 1 is 1.39 bits per heavy atom. The summed E-state index contributed by atoms with van der Waals surface area (Å²) in [6.45, 7) is 8.69. The van der Waals surface area contributed by atoms with Gasteiger partial charge in [-0.1, -0.05) is 6.92 Å². The molecule has 2 N–H and O–H groups in total. The van der Waals surface area contributed by atoms with Crippen molar-refractivity contribution in [1.82, 2.24) is 10.6 Å². The molecule has 1 aromatic rings. The van der Waals surface area contributed by atoms with Crippen LogP contribution in [0.3, 0.4) is 0 Å². The van der Waals surface area contributed by atoms with Crippen molar-refractivity contribution in [3.8, 4) is 0 Å². The molecule has 0 radical (unpaired) electrons. The van der Waals surface area contributed by atoms with Crippen LogP contribution >= 0.6 is 0 Å². The number of carbonyl (C=O) groups is 1. The highest BCUT2D eigenvalue weighted by Crippen LogP contribution is 2.15. The number of hydrogen-bond donors (Lipinski definition) is 2. The number of rotatable bonds is 7. The van der Waals surface area contributed by atoms with Gasteiger partial charge in [0.2, 0.25) is 5.91 Å². The van der Waals surface area contributed by atoms with Crippen LogP contribution in [0.4, 0.5) is 0 Å². The molecule has 4 nitrogen and oxygen atoms in total. The van der Waals surface area contributed by atoms with E-state index in [0.29, 0.717) is 13.0 Å². The van der Waals surface area contributed by atoms with Crippen molar-refractivity contribution in [2.24, 2.45) is 0 Å². The standard InChI is InChI=1S/C14H24N2O2/c1-5-10(2)16-14(17)8-9-15-12(4)13-7-6-11(3)18-13/h6-7,10,12,15H,5,8-9H2,1-4H3,(H,16,17). The Morgan fingerprint density at radius 3 is 2.67 bits per heavy atom. The molecular weight excluding hydrogens is 228 g/mol. The lowest BCUT2D eigenvalue weighted by Gasteiger charge is -2.13. The Labute approximate surface area is 109 Å². The predicted molar refractivity (Wildman–Crippen MR) is 72.4 cm³/mol. The predicted octanol–water partition coefficient (Wildman–Crippen LogP) is 2.54. The lowest BCUT2D eigenvalue weighted by molar-refractivity contribution is -0.121. The number of carbonyl (C=O) groups excluding carboxylic acids is 1. The van der Waals surface area contributed by atoms with Crippen LogP contribution in [-0.4, -0.2) is 18.5 Å². The minimum absolute atomic E-state index is 0.0969. The fraction of sp³-hybridized carbons (Fsp3) is 0.643. The third-order valence-corrected chi connectivity index (χ3v) is 3.01. The first-order chi connectivity index (χ1) is 8.52. The molecule has 0 saturated heterocycles. The zero-order chi connectivity index (χ0) is 13.5. The van der Waals surface area contributed by atoms with E-state index in [2.05, 4.69) is 17.6 Å². The number of amides is 1. The fourth-order valence-corrected chi connectivity index (χ4v) is 1.64. The van der Waals surface area contributed by atoms with Gasteiger partial charge in [0.1, 0.15) is 11.5 Å². The van der Waals surface area contributed by atoms with Crippen molar-refractivity contribution in [2.75, 3.05) is 6.54 Å². The van der Waals surface area contributed by atoms with E-state index in [1.165, 1.54) is 0 Å². The van der Waals surface area contributed by atoms with Crippen molar-refractivity contribution >= 4 is 5.91 Å². The summed E-state index contributed by atoms with van der Waals surface area (Å²) in [5.74, 6) is 1.92. The summed E-state index contributed by atoms with van der Waals surface area (Å²) in [5.41, 5.74) is 0. The highest BCUT2D eigenvalue weighted by molar-refractivity contribution is 5.76. The molecule has 1 amide bonds. The third-order valence-electron chi connectivity index (χ3n) is 3.01. The number of hydrogen-bond acceptors (Lipinski definition) is 3. The summed E-state index contributed by atoms with van der Waals surface area (Å²) in [6, 6.07) is 4.30. The van der Waals surface area contributed by atoms with Crippen molar-refractivity contribution in [1.29, 1.82) is 0 Å². The molecule has 0 bridgehead atoms. The fourth-order valence-electron chi connectivity index (χ4n) is 1.64. The molecule has 0 aliphatic rings. The maximum Gasteiger partial charge on any atom is 0.221 e. The summed E-state index contributed by atoms with van der Waals surface area (Å²) < 4.78 is 5.52. The summed E-state index contributed by atoms with van der Waals surface area (Å²) >= 11 is 0. The molecule has 4 heteroatoms. The van der Waals surface area contributed by atoms with Crippen LogP contribution in [0, 0.1) is 6.92 Å². The van der Waals surface area contributed by atoms with Gasteiger partial charge in [-0.05, 0) is 39.3 Å². The van der Waals surface area contributed by atoms with Crippen LogP contribution in [0.25, 0.3) is 0 Å². The van der Waals surface area contributed by atoms with Gasteiger partial charge in [0, 0.05) is 19.0 Å². The molecule has 0 aromatic carbocycles. The van der Waals surface area contributed by atoms with E-state index in [9.17, 15) is 4.79 Å². The average molecular weight is 252 g/mol. The second-order valence-electron chi connectivity index (χ2n) is 4.75.